The summed E-state index contributed by atoms with van der Waals surface area (Å²) in [6, 6.07) is 19.6. The van der Waals surface area contributed by atoms with Gasteiger partial charge >= 0.3 is 0 Å². The Bertz CT molecular complexity index is 1010. The maximum absolute atomic E-state index is 13.2. The average Bonchev–Trinajstić information content (AvgIpc) is 3.27. The van der Waals surface area contributed by atoms with Crippen LogP contribution in [-0.4, -0.2) is 28.0 Å². The first-order chi connectivity index (χ1) is 14.0. The highest BCUT2D eigenvalue weighted by atomic mass is 32.2. The van der Waals surface area contributed by atoms with E-state index in [2.05, 4.69) is 5.32 Å². The summed E-state index contributed by atoms with van der Waals surface area (Å²) >= 11 is 1.37. The molecule has 29 heavy (non-hydrogen) atoms. The summed E-state index contributed by atoms with van der Waals surface area (Å²) < 4.78 is 31.6. The summed E-state index contributed by atoms with van der Waals surface area (Å²) in [7, 11) is -2.14. The van der Waals surface area contributed by atoms with E-state index >= 15 is 0 Å². The molecular weight excluding hydrogens is 406 g/mol. The number of amides is 1. The van der Waals surface area contributed by atoms with Crippen molar-refractivity contribution in [3.05, 3.63) is 82.6 Å². The normalized spacial score (nSPS) is 12.3. The number of hydrogen-bond acceptors (Lipinski definition) is 5. The topological polar surface area (TPSA) is 72.5 Å². The van der Waals surface area contributed by atoms with E-state index in [1.54, 1.807) is 18.2 Å². The number of nitrogens with one attached hydrogen (secondary N) is 1. The largest absolute Gasteiger partial charge is 0.497 e. The van der Waals surface area contributed by atoms with Crippen LogP contribution in [-0.2, 0) is 21.1 Å². The summed E-state index contributed by atoms with van der Waals surface area (Å²) in [5.74, 6) is 0.422. The lowest BCUT2D eigenvalue weighted by atomic mass is 10.1. The molecule has 0 unspecified atom stereocenters. The van der Waals surface area contributed by atoms with Crippen molar-refractivity contribution >= 4 is 27.1 Å². The number of aryl methyl sites for hydroxylation is 1. The van der Waals surface area contributed by atoms with Crippen LogP contribution in [0.5, 0.6) is 5.75 Å². The Hall–Kier alpha value is -2.64. The van der Waals surface area contributed by atoms with Crippen LogP contribution < -0.4 is 10.1 Å². The average molecular weight is 430 g/mol. The van der Waals surface area contributed by atoms with Gasteiger partial charge in [0.25, 0.3) is 0 Å². The molecular formula is C22H23NO4S2. The number of thiophene rings is 1. The zero-order chi connectivity index (χ0) is 20.7. The van der Waals surface area contributed by atoms with Gasteiger partial charge in [-0.15, -0.1) is 11.3 Å². The van der Waals surface area contributed by atoms with Gasteiger partial charge in [0, 0.05) is 17.8 Å². The van der Waals surface area contributed by atoms with Gasteiger partial charge in [0.2, 0.25) is 5.91 Å². The molecule has 152 valence electrons. The molecule has 1 heterocycles. The minimum atomic E-state index is -3.67. The Kier molecular flexibility index (Phi) is 7.06. The lowest BCUT2D eigenvalue weighted by molar-refractivity contribution is -0.121. The third-order valence-corrected chi connectivity index (χ3v) is 7.83. The Labute approximate surface area is 175 Å². The first kappa shape index (κ1) is 21.1. The molecule has 0 spiro atoms. The predicted molar refractivity (Wildman–Crippen MR) is 115 cm³/mol. The van der Waals surface area contributed by atoms with Crippen LogP contribution in [0.2, 0.25) is 0 Å². The number of sulfone groups is 1. The zero-order valence-electron chi connectivity index (χ0n) is 16.1. The molecule has 0 radical (unpaired) electrons. The molecule has 3 aromatic rings. The van der Waals surface area contributed by atoms with Gasteiger partial charge in [-0.1, -0.05) is 36.4 Å². The van der Waals surface area contributed by atoms with Crippen LogP contribution in [0.25, 0.3) is 0 Å². The Morgan fingerprint density at radius 2 is 1.76 bits per heavy atom. The Morgan fingerprint density at radius 1 is 1.03 bits per heavy atom. The second-order valence-electron chi connectivity index (χ2n) is 6.51. The maximum Gasteiger partial charge on any atom is 0.220 e. The van der Waals surface area contributed by atoms with E-state index in [1.807, 2.05) is 41.8 Å². The fraction of sp³-hybridized carbons (Fsp3) is 0.227. The van der Waals surface area contributed by atoms with Crippen LogP contribution in [0, 0.1) is 0 Å². The summed E-state index contributed by atoms with van der Waals surface area (Å²) in [5, 5.41) is 3.80. The Balaban J connectivity index is 1.71. The smallest absolute Gasteiger partial charge is 0.220 e. The maximum atomic E-state index is 13.2. The molecule has 0 aliphatic heterocycles. The van der Waals surface area contributed by atoms with E-state index in [0.29, 0.717) is 23.5 Å². The van der Waals surface area contributed by atoms with Gasteiger partial charge < -0.3 is 10.1 Å². The standard InChI is InChI=1S/C22H23NO4S2/c1-27-18-10-12-19(13-11-18)29(25,26)21(20-8-5-15-28-20)16-23-22(24)14-9-17-6-3-2-4-7-17/h2-8,10-13,15,21H,9,14,16H2,1H3,(H,23,24)/t21-/m0/s1. The molecule has 1 N–H and O–H groups in total. The third-order valence-electron chi connectivity index (χ3n) is 4.59. The molecule has 0 aliphatic carbocycles. The molecule has 5 nitrogen and oxygen atoms in total. The SMILES string of the molecule is COc1ccc(S(=O)(=O)[C@@H](CNC(=O)CCc2ccccc2)c2cccs2)cc1. The second kappa shape index (κ2) is 9.71. The highest BCUT2D eigenvalue weighted by molar-refractivity contribution is 7.91. The second-order valence-corrected chi connectivity index (χ2v) is 9.62. The number of rotatable bonds is 9. The number of benzene rings is 2. The van der Waals surface area contributed by atoms with Crippen molar-refractivity contribution < 1.29 is 17.9 Å². The summed E-state index contributed by atoms with van der Waals surface area (Å²) in [5.41, 5.74) is 1.07. The number of hydrogen-bond donors (Lipinski definition) is 1. The summed E-state index contributed by atoms with van der Waals surface area (Å²) in [6.07, 6.45) is 0.922. The van der Waals surface area contributed by atoms with Crippen LogP contribution in [0.15, 0.2) is 77.0 Å². The number of methoxy groups -OCH3 is 1. The molecule has 3 rings (SSSR count). The molecule has 0 aliphatic rings. The lowest BCUT2D eigenvalue weighted by Gasteiger charge is -2.18. The van der Waals surface area contributed by atoms with E-state index in [-0.39, 0.29) is 17.3 Å². The summed E-state index contributed by atoms with van der Waals surface area (Å²) in [4.78, 5) is 13.2. The van der Waals surface area contributed by atoms with Crippen LogP contribution >= 0.6 is 11.3 Å². The monoisotopic (exact) mass is 429 g/mol. The van der Waals surface area contributed by atoms with Crippen LogP contribution in [0.1, 0.15) is 22.1 Å². The van der Waals surface area contributed by atoms with Crippen molar-refractivity contribution in [3.63, 3.8) is 0 Å². The molecule has 1 amide bonds. The number of ether oxygens (including phenoxy) is 1. The van der Waals surface area contributed by atoms with Gasteiger partial charge in [0.1, 0.15) is 11.0 Å². The van der Waals surface area contributed by atoms with Crippen LogP contribution in [0.4, 0.5) is 0 Å². The first-order valence-electron chi connectivity index (χ1n) is 9.22. The van der Waals surface area contributed by atoms with E-state index < -0.39 is 15.1 Å². The zero-order valence-corrected chi connectivity index (χ0v) is 17.7. The molecule has 1 aromatic heterocycles. The van der Waals surface area contributed by atoms with Crippen molar-refractivity contribution in [2.75, 3.05) is 13.7 Å². The van der Waals surface area contributed by atoms with Crippen molar-refractivity contribution in [2.45, 2.75) is 23.0 Å². The van der Waals surface area contributed by atoms with Crippen molar-refractivity contribution in [1.29, 1.82) is 0 Å². The van der Waals surface area contributed by atoms with Crippen molar-refractivity contribution in [1.82, 2.24) is 5.32 Å². The van der Waals surface area contributed by atoms with Gasteiger partial charge in [-0.25, -0.2) is 8.42 Å². The van der Waals surface area contributed by atoms with Crippen molar-refractivity contribution in [2.24, 2.45) is 0 Å². The van der Waals surface area contributed by atoms with Gasteiger partial charge in [-0.05, 0) is 47.7 Å². The fourth-order valence-electron chi connectivity index (χ4n) is 2.96. The van der Waals surface area contributed by atoms with E-state index in [9.17, 15) is 13.2 Å². The quantitative estimate of drug-likeness (QED) is 0.558. The molecule has 0 bridgehead atoms. The molecule has 0 saturated heterocycles. The minimum absolute atomic E-state index is 0.0303. The van der Waals surface area contributed by atoms with Gasteiger partial charge in [-0.3, -0.25) is 4.79 Å². The highest BCUT2D eigenvalue weighted by Gasteiger charge is 2.30. The van der Waals surface area contributed by atoms with Gasteiger partial charge in [-0.2, -0.15) is 0 Å². The molecule has 1 atom stereocenters. The van der Waals surface area contributed by atoms with Crippen molar-refractivity contribution in [3.8, 4) is 5.75 Å². The molecule has 7 heteroatoms. The fourth-order valence-corrected chi connectivity index (χ4v) is 5.75. The highest BCUT2D eigenvalue weighted by Crippen LogP contribution is 2.32. The first-order valence-corrected chi connectivity index (χ1v) is 11.7. The Morgan fingerprint density at radius 3 is 2.38 bits per heavy atom. The van der Waals surface area contributed by atoms with Gasteiger partial charge in [0.15, 0.2) is 9.84 Å². The molecule has 2 aromatic carbocycles. The molecule has 0 fully saturated rings. The third kappa shape index (κ3) is 5.46. The number of carbonyl (C=O) groups excluding carboxylic acids is 1. The van der Waals surface area contributed by atoms with Gasteiger partial charge in [0.05, 0.1) is 12.0 Å². The van der Waals surface area contributed by atoms with Crippen LogP contribution in [0.3, 0.4) is 0 Å². The molecule has 0 saturated carbocycles. The number of carbonyl (C=O) groups is 1. The predicted octanol–water partition coefficient (Wildman–Crippen LogP) is 4.02. The lowest BCUT2D eigenvalue weighted by Crippen LogP contribution is -2.31. The van der Waals surface area contributed by atoms with E-state index in [1.165, 1.54) is 30.6 Å². The van der Waals surface area contributed by atoms with E-state index in [0.717, 1.165) is 5.56 Å². The van der Waals surface area contributed by atoms with E-state index in [4.69, 9.17) is 4.74 Å². The minimum Gasteiger partial charge on any atom is -0.497 e. The summed E-state index contributed by atoms with van der Waals surface area (Å²) in [6.45, 7) is 0.0303.